The van der Waals surface area contributed by atoms with Gasteiger partial charge in [-0.25, -0.2) is 9.78 Å². The smallest absolute Gasteiger partial charge is 0.319 e. The highest BCUT2D eigenvalue weighted by atomic mass is 16.5. The summed E-state index contributed by atoms with van der Waals surface area (Å²) >= 11 is 0. The third-order valence-corrected chi connectivity index (χ3v) is 3.98. The van der Waals surface area contributed by atoms with Crippen LogP contribution in [0.25, 0.3) is 0 Å². The van der Waals surface area contributed by atoms with Crippen LogP contribution < -0.4 is 4.74 Å². The lowest BCUT2D eigenvalue weighted by molar-refractivity contribution is -0.174. The van der Waals surface area contributed by atoms with E-state index in [4.69, 9.17) is 9.47 Å². The van der Waals surface area contributed by atoms with Crippen LogP contribution in [0.5, 0.6) is 5.88 Å². The van der Waals surface area contributed by atoms with Crippen LogP contribution in [-0.4, -0.2) is 66.3 Å². The van der Waals surface area contributed by atoms with Gasteiger partial charge in [0, 0.05) is 39.2 Å². The Morgan fingerprint density at radius 1 is 1.48 bits per heavy atom. The highest BCUT2D eigenvalue weighted by molar-refractivity contribution is 5.75. The first kappa shape index (κ1) is 14.1. The number of likely N-dealkylation sites (tertiary alicyclic amines) is 1. The van der Waals surface area contributed by atoms with E-state index in [1.54, 1.807) is 25.2 Å². The van der Waals surface area contributed by atoms with Crippen LogP contribution in [0.15, 0.2) is 24.4 Å². The Kier molecular flexibility index (Phi) is 3.71. The number of hydrogen-bond donors (Lipinski definition) is 0. The second kappa shape index (κ2) is 5.52. The third kappa shape index (κ3) is 2.95. The fourth-order valence-electron chi connectivity index (χ4n) is 2.96. The van der Waals surface area contributed by atoms with Gasteiger partial charge < -0.3 is 19.3 Å². The summed E-state index contributed by atoms with van der Waals surface area (Å²) in [4.78, 5) is 19.5. The van der Waals surface area contributed by atoms with Crippen LogP contribution in [0.4, 0.5) is 4.79 Å². The van der Waals surface area contributed by atoms with Crippen LogP contribution in [0, 0.1) is 0 Å². The summed E-state index contributed by atoms with van der Waals surface area (Å²) in [7, 11) is 3.53. The molecule has 0 N–H and O–H groups in total. The lowest BCUT2D eigenvalue weighted by Crippen LogP contribution is -2.68. The van der Waals surface area contributed by atoms with Gasteiger partial charge in [0.25, 0.3) is 0 Å². The van der Waals surface area contributed by atoms with Crippen molar-refractivity contribution in [3.05, 3.63) is 24.4 Å². The maximum Gasteiger partial charge on any atom is 0.319 e. The van der Waals surface area contributed by atoms with Crippen LogP contribution in [-0.2, 0) is 4.74 Å². The van der Waals surface area contributed by atoms with Crippen molar-refractivity contribution in [2.45, 2.75) is 24.5 Å². The molecule has 2 saturated heterocycles. The van der Waals surface area contributed by atoms with Gasteiger partial charge in [0.2, 0.25) is 5.88 Å². The third-order valence-electron chi connectivity index (χ3n) is 3.98. The van der Waals surface area contributed by atoms with Crippen LogP contribution in [0.3, 0.4) is 0 Å². The molecule has 2 fully saturated rings. The molecule has 1 aromatic heterocycles. The van der Waals surface area contributed by atoms with Crippen molar-refractivity contribution in [2.24, 2.45) is 0 Å². The SMILES string of the molecule is CN(C)C(=O)N1CC2(C[C@H](Oc3ccccn3)CCO2)C1. The molecule has 21 heavy (non-hydrogen) atoms. The Hall–Kier alpha value is -1.82. The molecule has 6 heteroatoms. The number of pyridine rings is 1. The molecular weight excluding hydrogens is 270 g/mol. The summed E-state index contributed by atoms with van der Waals surface area (Å²) in [5.74, 6) is 0.653. The Balaban J connectivity index is 1.56. The minimum atomic E-state index is -0.233. The molecule has 0 radical (unpaired) electrons. The average Bonchev–Trinajstić information content (AvgIpc) is 2.45. The second-order valence-electron chi connectivity index (χ2n) is 5.97. The molecule has 1 atom stereocenters. The molecule has 6 nitrogen and oxygen atoms in total. The first-order valence-corrected chi connectivity index (χ1v) is 7.26. The van der Waals surface area contributed by atoms with E-state index in [9.17, 15) is 4.79 Å². The topological polar surface area (TPSA) is 54.9 Å². The molecule has 0 unspecified atom stereocenters. The molecule has 2 aliphatic rings. The number of nitrogens with zero attached hydrogens (tertiary/aromatic N) is 3. The van der Waals surface area contributed by atoms with Gasteiger partial charge in [-0.1, -0.05) is 6.07 Å². The maximum atomic E-state index is 11.9. The number of carbonyl (C=O) groups excluding carboxylic acids is 1. The molecular formula is C15H21N3O3. The molecule has 3 heterocycles. The molecule has 0 aromatic carbocycles. The Bertz CT molecular complexity index is 500. The summed E-state index contributed by atoms with van der Waals surface area (Å²) < 4.78 is 11.8. The molecule has 0 bridgehead atoms. The standard InChI is InChI=1S/C15H21N3O3/c1-17(2)14(19)18-10-15(11-18)9-12(6-8-20-15)21-13-5-3-4-7-16-13/h3-5,7,12H,6,8-11H2,1-2H3/t12-/m1/s1. The zero-order valence-corrected chi connectivity index (χ0v) is 12.5. The summed E-state index contributed by atoms with van der Waals surface area (Å²) in [6, 6.07) is 5.69. The Labute approximate surface area is 124 Å². The molecule has 1 spiro atoms. The van der Waals surface area contributed by atoms with Gasteiger partial charge in [0.05, 0.1) is 19.7 Å². The number of amides is 2. The van der Waals surface area contributed by atoms with Crippen molar-refractivity contribution < 1.29 is 14.3 Å². The van der Waals surface area contributed by atoms with Gasteiger partial charge >= 0.3 is 6.03 Å². The van der Waals surface area contributed by atoms with Gasteiger partial charge in [-0.15, -0.1) is 0 Å². The van der Waals surface area contributed by atoms with Gasteiger partial charge in [-0.2, -0.15) is 0 Å². The van der Waals surface area contributed by atoms with Gasteiger partial charge in [0.1, 0.15) is 11.7 Å². The van der Waals surface area contributed by atoms with E-state index in [1.807, 2.05) is 23.1 Å². The first-order chi connectivity index (χ1) is 10.1. The van der Waals surface area contributed by atoms with E-state index in [0.29, 0.717) is 25.6 Å². The number of rotatable bonds is 2. The van der Waals surface area contributed by atoms with Crippen molar-refractivity contribution in [1.82, 2.24) is 14.8 Å². The lowest BCUT2D eigenvalue weighted by Gasteiger charge is -2.53. The van der Waals surface area contributed by atoms with Crippen molar-refractivity contribution in [3.8, 4) is 5.88 Å². The van der Waals surface area contributed by atoms with Crippen molar-refractivity contribution in [2.75, 3.05) is 33.8 Å². The summed E-state index contributed by atoms with van der Waals surface area (Å²) in [5.41, 5.74) is -0.233. The summed E-state index contributed by atoms with van der Waals surface area (Å²) in [6.07, 6.45) is 3.50. The van der Waals surface area contributed by atoms with Crippen LogP contribution in [0.1, 0.15) is 12.8 Å². The largest absolute Gasteiger partial charge is 0.474 e. The van der Waals surface area contributed by atoms with E-state index in [1.165, 1.54) is 0 Å². The van der Waals surface area contributed by atoms with E-state index < -0.39 is 0 Å². The fourth-order valence-corrected chi connectivity index (χ4v) is 2.96. The molecule has 3 rings (SSSR count). The zero-order chi connectivity index (χ0) is 14.9. The molecule has 0 saturated carbocycles. The summed E-state index contributed by atoms with van der Waals surface area (Å²) in [5, 5.41) is 0. The summed E-state index contributed by atoms with van der Waals surface area (Å²) in [6.45, 7) is 1.96. The number of aromatic nitrogens is 1. The maximum absolute atomic E-state index is 11.9. The lowest BCUT2D eigenvalue weighted by atomic mass is 9.85. The quantitative estimate of drug-likeness (QED) is 0.826. The predicted octanol–water partition coefficient (Wildman–Crippen LogP) is 1.38. The van der Waals surface area contributed by atoms with Crippen molar-refractivity contribution in [1.29, 1.82) is 0 Å². The molecule has 2 aliphatic heterocycles. The monoisotopic (exact) mass is 291 g/mol. The minimum absolute atomic E-state index is 0.0389. The van der Waals surface area contributed by atoms with Gasteiger partial charge in [-0.05, 0) is 6.07 Å². The highest BCUT2D eigenvalue weighted by Gasteiger charge is 2.50. The normalized spacial score (nSPS) is 23.5. The highest BCUT2D eigenvalue weighted by Crippen LogP contribution is 2.35. The fraction of sp³-hybridized carbons (Fsp3) is 0.600. The number of carbonyl (C=O) groups is 1. The molecule has 114 valence electrons. The number of urea groups is 1. The number of ether oxygens (including phenoxy) is 2. The zero-order valence-electron chi connectivity index (χ0n) is 12.5. The first-order valence-electron chi connectivity index (χ1n) is 7.26. The van der Waals surface area contributed by atoms with Crippen molar-refractivity contribution in [3.63, 3.8) is 0 Å². The predicted molar refractivity (Wildman–Crippen MR) is 77.2 cm³/mol. The van der Waals surface area contributed by atoms with E-state index in [0.717, 1.165) is 12.8 Å². The molecule has 2 amide bonds. The van der Waals surface area contributed by atoms with Crippen LogP contribution >= 0.6 is 0 Å². The second-order valence-corrected chi connectivity index (χ2v) is 5.97. The minimum Gasteiger partial charge on any atom is -0.474 e. The molecule has 1 aromatic rings. The number of hydrogen-bond acceptors (Lipinski definition) is 4. The van der Waals surface area contributed by atoms with Gasteiger partial charge in [0.15, 0.2) is 0 Å². The average molecular weight is 291 g/mol. The van der Waals surface area contributed by atoms with E-state index >= 15 is 0 Å². The van der Waals surface area contributed by atoms with E-state index in [-0.39, 0.29) is 17.7 Å². The van der Waals surface area contributed by atoms with Crippen LogP contribution in [0.2, 0.25) is 0 Å². The molecule has 0 aliphatic carbocycles. The Morgan fingerprint density at radius 3 is 2.95 bits per heavy atom. The van der Waals surface area contributed by atoms with Crippen molar-refractivity contribution >= 4 is 6.03 Å². The van der Waals surface area contributed by atoms with Gasteiger partial charge in [-0.3, -0.25) is 0 Å². The Morgan fingerprint density at radius 2 is 2.29 bits per heavy atom. The van der Waals surface area contributed by atoms with E-state index in [2.05, 4.69) is 4.98 Å².